The van der Waals surface area contributed by atoms with Crippen LogP contribution in [0.15, 0.2) is 48.5 Å². The van der Waals surface area contributed by atoms with Crippen LogP contribution in [0, 0.1) is 0 Å². The first-order valence-corrected chi connectivity index (χ1v) is 9.99. The molecule has 150 valence electrons. The van der Waals surface area contributed by atoms with Gasteiger partial charge in [0.15, 0.2) is 0 Å². The van der Waals surface area contributed by atoms with Crippen LogP contribution in [-0.2, 0) is 11.3 Å². The highest BCUT2D eigenvalue weighted by Crippen LogP contribution is 2.29. The quantitative estimate of drug-likeness (QED) is 0.731. The summed E-state index contributed by atoms with van der Waals surface area (Å²) in [6, 6.07) is 16.2. The van der Waals surface area contributed by atoms with E-state index in [1.165, 1.54) is 24.8 Å². The lowest BCUT2D eigenvalue weighted by atomic mass is 9.93. The normalized spacial score (nSPS) is 14.7. The van der Waals surface area contributed by atoms with Gasteiger partial charge in [-0.05, 0) is 30.5 Å². The number of hydrogen-bond donors (Lipinski definition) is 1. The van der Waals surface area contributed by atoms with Gasteiger partial charge in [0.05, 0.1) is 26.5 Å². The molecule has 5 nitrogen and oxygen atoms in total. The van der Waals surface area contributed by atoms with Gasteiger partial charge in [-0.3, -0.25) is 9.69 Å². The van der Waals surface area contributed by atoms with Crippen molar-refractivity contribution in [1.82, 2.24) is 4.90 Å². The van der Waals surface area contributed by atoms with Crippen LogP contribution in [0.1, 0.15) is 37.7 Å². The number of anilines is 1. The summed E-state index contributed by atoms with van der Waals surface area (Å²) in [4.78, 5) is 15.2. The van der Waals surface area contributed by atoms with Crippen molar-refractivity contribution in [3.63, 3.8) is 0 Å². The van der Waals surface area contributed by atoms with Gasteiger partial charge in [-0.2, -0.15) is 0 Å². The van der Waals surface area contributed by atoms with Crippen molar-refractivity contribution in [3.05, 3.63) is 54.1 Å². The molecule has 0 unspecified atom stereocenters. The van der Waals surface area contributed by atoms with Gasteiger partial charge >= 0.3 is 0 Å². The van der Waals surface area contributed by atoms with E-state index in [-0.39, 0.29) is 5.91 Å². The Morgan fingerprint density at radius 2 is 1.79 bits per heavy atom. The van der Waals surface area contributed by atoms with Crippen molar-refractivity contribution >= 4 is 11.6 Å². The predicted octanol–water partition coefficient (Wildman–Crippen LogP) is 4.48. The summed E-state index contributed by atoms with van der Waals surface area (Å²) < 4.78 is 10.7. The van der Waals surface area contributed by atoms with Crippen molar-refractivity contribution in [2.75, 3.05) is 26.1 Å². The number of carbonyl (C=O) groups excluding carboxylic acids is 1. The largest absolute Gasteiger partial charge is 0.497 e. The van der Waals surface area contributed by atoms with Crippen molar-refractivity contribution in [3.8, 4) is 11.5 Å². The smallest absolute Gasteiger partial charge is 0.238 e. The van der Waals surface area contributed by atoms with Crippen molar-refractivity contribution in [1.29, 1.82) is 0 Å². The van der Waals surface area contributed by atoms with Crippen LogP contribution in [0.5, 0.6) is 11.5 Å². The molecule has 0 bridgehead atoms. The Labute approximate surface area is 167 Å². The highest BCUT2D eigenvalue weighted by molar-refractivity contribution is 5.94. The molecular formula is C23H30N2O3. The number of carbonyl (C=O) groups is 1. The lowest BCUT2D eigenvalue weighted by molar-refractivity contribution is -0.118. The molecule has 0 heterocycles. The summed E-state index contributed by atoms with van der Waals surface area (Å²) in [6.45, 7) is 1.15. The second-order valence-electron chi connectivity index (χ2n) is 7.30. The van der Waals surface area contributed by atoms with Crippen LogP contribution in [0.4, 0.5) is 5.69 Å². The molecule has 1 saturated carbocycles. The molecule has 1 aliphatic rings. The fourth-order valence-corrected chi connectivity index (χ4v) is 3.86. The molecule has 1 fully saturated rings. The van der Waals surface area contributed by atoms with E-state index in [2.05, 4.69) is 34.5 Å². The molecule has 0 atom stereocenters. The third-order valence-corrected chi connectivity index (χ3v) is 5.35. The van der Waals surface area contributed by atoms with E-state index in [1.807, 2.05) is 12.1 Å². The minimum Gasteiger partial charge on any atom is -0.497 e. The standard InChI is InChI=1S/C23H30N2O3/c1-27-20-13-14-22(28-2)21(15-20)24-23(26)17-25(19-11-7-4-8-12-19)16-18-9-5-3-6-10-18/h3,5-6,9-10,13-15,19H,4,7-8,11-12,16-17H2,1-2H3,(H,24,26). The summed E-state index contributed by atoms with van der Waals surface area (Å²) in [5, 5.41) is 3.01. The van der Waals surface area contributed by atoms with Crippen LogP contribution in [0.25, 0.3) is 0 Å². The second kappa shape index (κ2) is 10.1. The maximum atomic E-state index is 12.9. The topological polar surface area (TPSA) is 50.8 Å². The third kappa shape index (κ3) is 5.49. The fourth-order valence-electron chi connectivity index (χ4n) is 3.86. The highest BCUT2D eigenvalue weighted by Gasteiger charge is 2.23. The van der Waals surface area contributed by atoms with E-state index >= 15 is 0 Å². The van der Waals surface area contributed by atoms with Crippen molar-refractivity contribution in [2.45, 2.75) is 44.7 Å². The van der Waals surface area contributed by atoms with Gasteiger partial charge in [0.1, 0.15) is 11.5 Å². The summed E-state index contributed by atoms with van der Waals surface area (Å²) in [7, 11) is 3.21. The van der Waals surface area contributed by atoms with Crippen LogP contribution in [0.2, 0.25) is 0 Å². The number of hydrogen-bond acceptors (Lipinski definition) is 4. The molecule has 0 spiro atoms. The first-order valence-electron chi connectivity index (χ1n) is 9.99. The lowest BCUT2D eigenvalue weighted by Gasteiger charge is -2.34. The molecular weight excluding hydrogens is 352 g/mol. The Kier molecular flexibility index (Phi) is 7.31. The number of methoxy groups -OCH3 is 2. The molecule has 0 saturated heterocycles. The second-order valence-corrected chi connectivity index (χ2v) is 7.30. The number of nitrogens with zero attached hydrogens (tertiary/aromatic N) is 1. The van der Waals surface area contributed by atoms with Crippen LogP contribution in [0.3, 0.4) is 0 Å². The Morgan fingerprint density at radius 3 is 2.46 bits per heavy atom. The Bertz CT molecular complexity index is 758. The summed E-state index contributed by atoms with van der Waals surface area (Å²) in [5.41, 5.74) is 1.87. The average molecular weight is 383 g/mol. The molecule has 0 radical (unpaired) electrons. The summed E-state index contributed by atoms with van der Waals surface area (Å²) >= 11 is 0. The Morgan fingerprint density at radius 1 is 1.04 bits per heavy atom. The molecule has 1 amide bonds. The van der Waals surface area contributed by atoms with Gasteiger partial charge in [-0.25, -0.2) is 0 Å². The van der Waals surface area contributed by atoms with Crippen molar-refractivity contribution < 1.29 is 14.3 Å². The van der Waals surface area contributed by atoms with E-state index in [9.17, 15) is 4.79 Å². The third-order valence-electron chi connectivity index (χ3n) is 5.35. The van der Waals surface area contributed by atoms with Gasteiger partial charge in [0.25, 0.3) is 0 Å². The molecule has 28 heavy (non-hydrogen) atoms. The zero-order valence-corrected chi connectivity index (χ0v) is 16.8. The lowest BCUT2D eigenvalue weighted by Crippen LogP contribution is -2.41. The van der Waals surface area contributed by atoms with Crippen LogP contribution < -0.4 is 14.8 Å². The Balaban J connectivity index is 1.71. The van der Waals surface area contributed by atoms with E-state index < -0.39 is 0 Å². The molecule has 0 aromatic heterocycles. The number of rotatable bonds is 8. The molecule has 2 aromatic carbocycles. The van der Waals surface area contributed by atoms with E-state index in [0.29, 0.717) is 29.8 Å². The zero-order valence-electron chi connectivity index (χ0n) is 16.8. The number of ether oxygens (including phenoxy) is 2. The van der Waals surface area contributed by atoms with Gasteiger partial charge in [0, 0.05) is 18.7 Å². The summed E-state index contributed by atoms with van der Waals surface area (Å²) in [5.74, 6) is 1.28. The maximum absolute atomic E-state index is 12.9. The van der Waals surface area contributed by atoms with Crippen LogP contribution >= 0.6 is 0 Å². The first kappa shape index (κ1) is 20.2. The average Bonchev–Trinajstić information content (AvgIpc) is 2.74. The van der Waals surface area contributed by atoms with Gasteiger partial charge in [0.2, 0.25) is 5.91 Å². The number of benzene rings is 2. The molecule has 2 aromatic rings. The van der Waals surface area contributed by atoms with Crippen molar-refractivity contribution in [2.24, 2.45) is 0 Å². The Hall–Kier alpha value is -2.53. The number of nitrogens with one attached hydrogen (secondary N) is 1. The van der Waals surface area contributed by atoms with Crippen LogP contribution in [-0.4, -0.2) is 37.6 Å². The minimum absolute atomic E-state index is 0.0342. The van der Waals surface area contributed by atoms with E-state index in [4.69, 9.17) is 9.47 Å². The van der Waals surface area contributed by atoms with Gasteiger partial charge in [-0.15, -0.1) is 0 Å². The molecule has 0 aliphatic heterocycles. The number of amides is 1. The fraction of sp³-hybridized carbons (Fsp3) is 0.435. The van der Waals surface area contributed by atoms with E-state index in [1.54, 1.807) is 26.4 Å². The molecule has 1 N–H and O–H groups in total. The molecule has 5 heteroatoms. The summed E-state index contributed by atoms with van der Waals surface area (Å²) in [6.07, 6.45) is 6.08. The highest BCUT2D eigenvalue weighted by atomic mass is 16.5. The van der Waals surface area contributed by atoms with Gasteiger partial charge in [-0.1, -0.05) is 49.6 Å². The maximum Gasteiger partial charge on any atom is 0.238 e. The minimum atomic E-state index is -0.0342. The molecule has 1 aliphatic carbocycles. The first-order chi connectivity index (χ1) is 13.7. The SMILES string of the molecule is COc1ccc(OC)c(NC(=O)CN(Cc2ccccc2)C2CCCCC2)c1. The monoisotopic (exact) mass is 382 g/mol. The predicted molar refractivity (Wildman–Crippen MR) is 112 cm³/mol. The molecule has 3 rings (SSSR count). The van der Waals surface area contributed by atoms with E-state index in [0.717, 1.165) is 19.4 Å². The zero-order chi connectivity index (χ0) is 19.8. The van der Waals surface area contributed by atoms with Gasteiger partial charge < -0.3 is 14.8 Å².